The third-order valence-electron chi connectivity index (χ3n) is 7.05. The molecule has 0 N–H and O–H groups in total. The molecule has 0 rings (SSSR count). The van der Waals surface area contributed by atoms with Gasteiger partial charge in [0.05, 0.1) is 49.8 Å². The van der Waals surface area contributed by atoms with E-state index in [2.05, 4.69) is 14.1 Å². The van der Waals surface area contributed by atoms with Crippen molar-refractivity contribution in [3.05, 3.63) is 0 Å². The number of ketones is 2. The van der Waals surface area contributed by atoms with E-state index in [4.69, 9.17) is 4.74 Å². The van der Waals surface area contributed by atoms with E-state index in [-0.39, 0.29) is 35.6 Å². The molecule has 0 radical (unpaired) electrons. The third-order valence-corrected chi connectivity index (χ3v) is 7.84. The summed E-state index contributed by atoms with van der Waals surface area (Å²) < 4.78 is 38.1. The van der Waals surface area contributed by atoms with Crippen LogP contribution in [0.1, 0.15) is 123 Å². The van der Waals surface area contributed by atoms with Crippen LogP contribution in [0, 0.1) is 5.92 Å². The molecule has 0 bridgehead atoms. The number of carbonyl (C=O) groups is 3. The topological polar surface area (TPSA) is 118 Å². The molecule has 0 aromatic carbocycles. The maximum atomic E-state index is 12.5. The lowest BCUT2D eigenvalue weighted by Gasteiger charge is -2.30. The van der Waals surface area contributed by atoms with Crippen LogP contribution in [-0.2, 0) is 29.2 Å². The number of ether oxygens (including phenoxy) is 1. The summed E-state index contributed by atoms with van der Waals surface area (Å²) in [5.74, 6) is -0.576. The lowest BCUT2D eigenvalue weighted by atomic mass is 9.93. The summed E-state index contributed by atoms with van der Waals surface area (Å²) in [6, 6.07) is 0. The lowest BCUT2D eigenvalue weighted by molar-refractivity contribution is -0.890. The molecule has 0 heterocycles. The van der Waals surface area contributed by atoms with Gasteiger partial charge in [-0.1, -0.05) is 44.9 Å². The average molecular weight is 562 g/mol. The number of nitrogens with zero attached hydrogens (tertiary/aromatic N) is 1. The minimum absolute atomic E-state index is 0.141. The van der Waals surface area contributed by atoms with Crippen molar-refractivity contribution in [1.29, 1.82) is 0 Å². The average Bonchev–Trinajstić information content (AvgIpc) is 2.81. The molecule has 224 valence electrons. The zero-order valence-electron chi connectivity index (χ0n) is 24.6. The highest BCUT2D eigenvalue weighted by atomic mass is 32.2. The number of esters is 1. The molecule has 0 saturated carbocycles. The highest BCUT2D eigenvalue weighted by Gasteiger charge is 2.22. The van der Waals surface area contributed by atoms with Crippen molar-refractivity contribution in [2.24, 2.45) is 5.92 Å². The van der Waals surface area contributed by atoms with Gasteiger partial charge >= 0.3 is 5.97 Å². The van der Waals surface area contributed by atoms with Gasteiger partial charge in [0.25, 0.3) is 0 Å². The lowest BCUT2D eigenvalue weighted by Crippen LogP contribution is -2.41. The van der Waals surface area contributed by atoms with E-state index < -0.39 is 10.1 Å². The number of hydrogen-bond acceptors (Lipinski definition) is 7. The van der Waals surface area contributed by atoms with Gasteiger partial charge in [-0.3, -0.25) is 9.59 Å². The Morgan fingerprint density at radius 2 is 1.26 bits per heavy atom. The van der Waals surface area contributed by atoms with Crippen LogP contribution in [0.2, 0.25) is 0 Å². The maximum absolute atomic E-state index is 12.5. The number of hydrogen-bond donors (Lipinski definition) is 0. The second-order valence-corrected chi connectivity index (χ2v) is 12.9. The Hall–Kier alpha value is -1.32. The molecule has 0 saturated heterocycles. The zero-order valence-corrected chi connectivity index (χ0v) is 25.5. The molecule has 0 fully saturated rings. The molecule has 0 aromatic rings. The quantitative estimate of drug-likeness (QED) is 0.0586. The van der Waals surface area contributed by atoms with Crippen LogP contribution < -0.4 is 0 Å². The normalized spacial score (nSPS) is 12.9. The largest absolute Gasteiger partial charge is 0.748 e. The number of unbranched alkanes of at least 4 members (excludes halogenated alkanes) is 10. The first-order valence-corrected chi connectivity index (χ1v) is 16.4. The first kappa shape index (κ1) is 36.7. The molecular weight excluding hydrogens is 506 g/mol. The number of quaternary nitrogens is 1. The molecule has 0 aromatic heterocycles. The molecule has 1 atom stereocenters. The van der Waals surface area contributed by atoms with Crippen molar-refractivity contribution in [2.75, 3.05) is 39.5 Å². The van der Waals surface area contributed by atoms with E-state index in [1.807, 2.05) is 0 Å². The first-order valence-electron chi connectivity index (χ1n) is 14.8. The Morgan fingerprint density at radius 1 is 0.763 bits per heavy atom. The van der Waals surface area contributed by atoms with Gasteiger partial charge < -0.3 is 18.6 Å². The molecule has 0 aliphatic rings. The Balaban J connectivity index is 3.89. The number of Topliss-reactive ketones (excluding diaryl/α,β-unsaturated/α-hetero) is 2. The van der Waals surface area contributed by atoms with Gasteiger partial charge in [0.1, 0.15) is 11.6 Å². The fourth-order valence-electron chi connectivity index (χ4n) is 4.73. The summed E-state index contributed by atoms with van der Waals surface area (Å²) in [7, 11) is 0.205. The molecule has 38 heavy (non-hydrogen) atoms. The Kier molecular flexibility index (Phi) is 20.7. The summed E-state index contributed by atoms with van der Waals surface area (Å²) in [5.41, 5.74) is 0. The van der Waals surface area contributed by atoms with Gasteiger partial charge in [0.15, 0.2) is 0 Å². The number of carbonyl (C=O) groups excluding carboxylic acids is 3. The van der Waals surface area contributed by atoms with Gasteiger partial charge in [0, 0.05) is 25.0 Å². The van der Waals surface area contributed by atoms with E-state index in [0.717, 1.165) is 68.9 Å². The smallest absolute Gasteiger partial charge is 0.309 e. The first-order chi connectivity index (χ1) is 17.9. The van der Waals surface area contributed by atoms with E-state index in [1.54, 1.807) is 13.8 Å². The highest BCUT2D eigenvalue weighted by molar-refractivity contribution is 7.85. The summed E-state index contributed by atoms with van der Waals surface area (Å²) in [6.45, 7) is 5.63. The Labute approximate surface area is 232 Å². The van der Waals surface area contributed by atoms with Gasteiger partial charge in [-0.25, -0.2) is 8.42 Å². The van der Waals surface area contributed by atoms with Gasteiger partial charge in [-0.15, -0.1) is 0 Å². The van der Waals surface area contributed by atoms with Crippen LogP contribution in [-0.4, -0.2) is 74.5 Å². The Bertz CT molecular complexity index is 765. The van der Waals surface area contributed by atoms with Crippen molar-refractivity contribution in [3.8, 4) is 0 Å². The van der Waals surface area contributed by atoms with Crippen molar-refractivity contribution < 1.29 is 36.6 Å². The molecule has 9 heteroatoms. The summed E-state index contributed by atoms with van der Waals surface area (Å²) >= 11 is 0. The predicted molar refractivity (Wildman–Crippen MR) is 151 cm³/mol. The summed E-state index contributed by atoms with van der Waals surface area (Å²) in [4.78, 5) is 35.8. The second kappa shape index (κ2) is 21.5. The molecule has 0 aliphatic carbocycles. The SMILES string of the molecule is CCOC(=O)C(CCCCCC(C)=O)CC(=O)CCCCCCCCCC[N+](C)(C)CCCCS(=O)(=O)[O-]. The molecule has 0 spiro atoms. The van der Waals surface area contributed by atoms with Crippen molar-refractivity contribution in [1.82, 2.24) is 0 Å². The zero-order chi connectivity index (χ0) is 28.9. The molecule has 8 nitrogen and oxygen atoms in total. The maximum Gasteiger partial charge on any atom is 0.309 e. The Morgan fingerprint density at radius 3 is 1.82 bits per heavy atom. The highest BCUT2D eigenvalue weighted by Crippen LogP contribution is 2.19. The van der Waals surface area contributed by atoms with Gasteiger partial charge in [0.2, 0.25) is 0 Å². The standard InChI is InChI=1S/C29H55NO7S/c1-5-37-29(33)27(20-14-12-13-19-26(2)31)25-28(32)21-15-10-8-6-7-9-11-16-22-30(3,4)23-17-18-24-38(34,35)36/h27H,5-25H2,1-4H3. The van der Waals surface area contributed by atoms with E-state index in [0.29, 0.717) is 32.3 Å². The van der Waals surface area contributed by atoms with Crippen LogP contribution in [0.4, 0.5) is 0 Å². The van der Waals surface area contributed by atoms with E-state index in [9.17, 15) is 27.4 Å². The number of rotatable bonds is 26. The third kappa shape index (κ3) is 23.8. The van der Waals surface area contributed by atoms with E-state index in [1.165, 1.54) is 25.7 Å². The second-order valence-electron chi connectivity index (χ2n) is 11.4. The van der Waals surface area contributed by atoms with Crippen LogP contribution in [0.3, 0.4) is 0 Å². The summed E-state index contributed by atoms with van der Waals surface area (Å²) in [5, 5.41) is 0. The summed E-state index contributed by atoms with van der Waals surface area (Å²) in [6.07, 6.45) is 14.6. The molecule has 0 aliphatic heterocycles. The van der Waals surface area contributed by atoms with Crippen molar-refractivity contribution >= 4 is 27.7 Å². The molecule has 0 amide bonds. The van der Waals surface area contributed by atoms with Crippen molar-refractivity contribution in [2.45, 2.75) is 123 Å². The van der Waals surface area contributed by atoms with Crippen LogP contribution >= 0.6 is 0 Å². The molecular formula is C29H55NO7S. The fraction of sp³-hybridized carbons (Fsp3) is 0.897. The van der Waals surface area contributed by atoms with Crippen LogP contribution in [0.25, 0.3) is 0 Å². The predicted octanol–water partition coefficient (Wildman–Crippen LogP) is 5.58. The molecule has 1 unspecified atom stereocenters. The van der Waals surface area contributed by atoms with Crippen molar-refractivity contribution in [3.63, 3.8) is 0 Å². The van der Waals surface area contributed by atoms with E-state index >= 15 is 0 Å². The van der Waals surface area contributed by atoms with Gasteiger partial charge in [-0.2, -0.15) is 0 Å². The van der Waals surface area contributed by atoms with Gasteiger partial charge in [-0.05, 0) is 58.8 Å². The minimum atomic E-state index is -4.10. The van der Waals surface area contributed by atoms with Crippen LogP contribution in [0.5, 0.6) is 0 Å². The van der Waals surface area contributed by atoms with Crippen LogP contribution in [0.15, 0.2) is 0 Å². The minimum Gasteiger partial charge on any atom is -0.748 e. The monoisotopic (exact) mass is 561 g/mol. The fourth-order valence-corrected chi connectivity index (χ4v) is 5.29.